The molecule has 1 N–H and O–H groups in total. The largest absolute Gasteiger partial charge is 0.375 e. The minimum atomic E-state index is 0. The molecule has 0 saturated heterocycles. The summed E-state index contributed by atoms with van der Waals surface area (Å²) in [5, 5.41) is 0. The molecule has 0 saturated carbocycles. The van der Waals surface area contributed by atoms with Gasteiger partial charge in [0.2, 0.25) is 0 Å². The molecule has 3 radical (unpaired) electrons. The molecule has 3 heteroatoms. The van der Waals surface area contributed by atoms with Crippen LogP contribution < -0.4 is 5.59 Å². The second kappa shape index (κ2) is 2.94. The molecule has 1 heterocycles. The fraction of sp³-hybridized carbons (Fsp3) is 0. The van der Waals surface area contributed by atoms with E-state index >= 15 is 0 Å². The van der Waals surface area contributed by atoms with Gasteiger partial charge in [-0.2, -0.15) is 0 Å². The Balaban J connectivity index is 0.000000360. The molecular formula is C4H4BCuN. The van der Waals surface area contributed by atoms with Crippen LogP contribution in [0.3, 0.4) is 0 Å². The van der Waals surface area contributed by atoms with Gasteiger partial charge < -0.3 is 4.98 Å². The predicted molar refractivity (Wildman–Crippen MR) is 26.2 cm³/mol. The van der Waals surface area contributed by atoms with E-state index in [0.717, 1.165) is 5.59 Å². The first-order valence-electron chi connectivity index (χ1n) is 1.78. The SMILES string of the molecule is [B]c1ccc[nH]1.[Cu]. The molecule has 0 aliphatic rings. The van der Waals surface area contributed by atoms with Crippen LogP contribution in [0.15, 0.2) is 18.3 Å². The number of H-pyrrole nitrogens is 1. The second-order valence-electron chi connectivity index (χ2n) is 1.13. The minimum absolute atomic E-state index is 0. The van der Waals surface area contributed by atoms with E-state index in [9.17, 15) is 0 Å². The third-order valence-electron chi connectivity index (χ3n) is 0.622. The fourth-order valence-corrected chi connectivity index (χ4v) is 0.344. The number of hydrogen-bond acceptors (Lipinski definition) is 0. The van der Waals surface area contributed by atoms with Gasteiger partial charge >= 0.3 is 0 Å². The van der Waals surface area contributed by atoms with Gasteiger partial charge in [-0.05, 0) is 17.9 Å². The van der Waals surface area contributed by atoms with Gasteiger partial charge in [0.1, 0.15) is 7.85 Å². The molecule has 0 spiro atoms. The Bertz CT molecular complexity index is 115. The summed E-state index contributed by atoms with van der Waals surface area (Å²) in [5.41, 5.74) is 0.718. The van der Waals surface area contributed by atoms with Gasteiger partial charge in [0, 0.05) is 17.1 Å². The standard InChI is InChI=1S/C4H4BN.Cu/c5-4-2-1-3-6-4;/h1-3,6H;. The summed E-state index contributed by atoms with van der Waals surface area (Å²) in [5.74, 6) is 0. The molecule has 1 aromatic rings. The minimum Gasteiger partial charge on any atom is -0.375 e. The van der Waals surface area contributed by atoms with E-state index in [4.69, 9.17) is 7.85 Å². The van der Waals surface area contributed by atoms with Gasteiger partial charge in [-0.25, -0.2) is 0 Å². The molecule has 1 nitrogen and oxygen atoms in total. The van der Waals surface area contributed by atoms with Gasteiger partial charge in [-0.1, -0.05) is 6.07 Å². The summed E-state index contributed by atoms with van der Waals surface area (Å²) in [6.45, 7) is 0. The third-order valence-corrected chi connectivity index (χ3v) is 0.622. The van der Waals surface area contributed by atoms with E-state index in [1.54, 1.807) is 12.3 Å². The van der Waals surface area contributed by atoms with E-state index in [1.807, 2.05) is 6.07 Å². The molecule has 0 atom stereocenters. The first kappa shape index (κ1) is 6.86. The maximum absolute atomic E-state index is 5.22. The number of hydrogen-bond donors (Lipinski definition) is 1. The Kier molecular flexibility index (Phi) is 2.89. The number of nitrogens with one attached hydrogen (secondary N) is 1. The zero-order valence-corrected chi connectivity index (χ0v) is 4.55. The normalized spacial score (nSPS) is 7.43. The molecule has 0 aliphatic heterocycles. The Labute approximate surface area is 54.4 Å². The van der Waals surface area contributed by atoms with Crippen LogP contribution in [0.5, 0.6) is 0 Å². The Morgan fingerprint density at radius 2 is 2.29 bits per heavy atom. The molecule has 7 heavy (non-hydrogen) atoms. The number of aromatic nitrogens is 1. The van der Waals surface area contributed by atoms with Crippen molar-refractivity contribution in [3.8, 4) is 0 Å². The Morgan fingerprint density at radius 1 is 1.57 bits per heavy atom. The Hall–Kier alpha value is -0.136. The molecule has 0 fully saturated rings. The first-order chi connectivity index (χ1) is 2.89. The van der Waals surface area contributed by atoms with Crippen LogP contribution >= 0.6 is 0 Å². The molecule has 1 aromatic heterocycles. The van der Waals surface area contributed by atoms with Gasteiger partial charge in [0.15, 0.2) is 0 Å². The molecule has 0 unspecified atom stereocenters. The van der Waals surface area contributed by atoms with Crippen LogP contribution in [0.2, 0.25) is 0 Å². The summed E-state index contributed by atoms with van der Waals surface area (Å²) in [6.07, 6.45) is 1.79. The van der Waals surface area contributed by atoms with Gasteiger partial charge in [0.05, 0.1) is 0 Å². The molecule has 0 aromatic carbocycles. The summed E-state index contributed by atoms with van der Waals surface area (Å²) < 4.78 is 0. The maximum Gasteiger partial charge on any atom is 0.138 e. The second-order valence-corrected chi connectivity index (χ2v) is 1.13. The van der Waals surface area contributed by atoms with Crippen molar-refractivity contribution in [1.29, 1.82) is 0 Å². The van der Waals surface area contributed by atoms with Gasteiger partial charge in [-0.15, -0.1) is 0 Å². The van der Waals surface area contributed by atoms with Crippen molar-refractivity contribution < 1.29 is 17.1 Å². The molecule has 0 aliphatic carbocycles. The van der Waals surface area contributed by atoms with E-state index in [1.165, 1.54) is 0 Å². The number of aromatic amines is 1. The fourth-order valence-electron chi connectivity index (χ4n) is 0.344. The maximum atomic E-state index is 5.22. The van der Waals surface area contributed by atoms with Crippen LogP contribution in [0.1, 0.15) is 0 Å². The smallest absolute Gasteiger partial charge is 0.138 e. The zero-order chi connectivity index (χ0) is 4.41. The molecular weight excluding hydrogens is 136 g/mol. The van der Waals surface area contributed by atoms with Crippen molar-refractivity contribution >= 4 is 13.4 Å². The molecule has 1 rings (SSSR count). The van der Waals surface area contributed by atoms with Crippen LogP contribution in [-0.4, -0.2) is 12.8 Å². The molecule has 0 amide bonds. The van der Waals surface area contributed by atoms with Crippen LogP contribution in [0, 0.1) is 0 Å². The van der Waals surface area contributed by atoms with Crippen molar-refractivity contribution in [2.75, 3.05) is 0 Å². The van der Waals surface area contributed by atoms with E-state index in [-0.39, 0.29) is 17.1 Å². The Morgan fingerprint density at radius 3 is 2.43 bits per heavy atom. The van der Waals surface area contributed by atoms with E-state index < -0.39 is 0 Å². The van der Waals surface area contributed by atoms with Gasteiger partial charge in [0.25, 0.3) is 0 Å². The van der Waals surface area contributed by atoms with Crippen LogP contribution in [0.25, 0.3) is 0 Å². The topological polar surface area (TPSA) is 15.8 Å². The quantitative estimate of drug-likeness (QED) is 0.481. The molecule has 0 bridgehead atoms. The predicted octanol–water partition coefficient (Wildman–Crippen LogP) is -0.194. The zero-order valence-electron chi connectivity index (χ0n) is 3.61. The van der Waals surface area contributed by atoms with Gasteiger partial charge in [-0.3, -0.25) is 0 Å². The van der Waals surface area contributed by atoms with Crippen LogP contribution in [-0.2, 0) is 17.1 Å². The van der Waals surface area contributed by atoms with Crippen molar-refractivity contribution in [2.24, 2.45) is 0 Å². The van der Waals surface area contributed by atoms with Crippen molar-refractivity contribution in [3.63, 3.8) is 0 Å². The monoisotopic (exact) mass is 140 g/mol. The summed E-state index contributed by atoms with van der Waals surface area (Å²) >= 11 is 0. The average molecular weight is 140 g/mol. The number of rotatable bonds is 0. The van der Waals surface area contributed by atoms with E-state index in [2.05, 4.69) is 4.98 Å². The summed E-state index contributed by atoms with van der Waals surface area (Å²) in [4.78, 5) is 2.78. The third kappa shape index (κ3) is 1.86. The summed E-state index contributed by atoms with van der Waals surface area (Å²) in [6, 6.07) is 3.66. The van der Waals surface area contributed by atoms with Crippen molar-refractivity contribution in [1.82, 2.24) is 4.98 Å². The first-order valence-corrected chi connectivity index (χ1v) is 1.78. The molecule has 39 valence electrons. The van der Waals surface area contributed by atoms with Crippen molar-refractivity contribution in [3.05, 3.63) is 18.3 Å². The van der Waals surface area contributed by atoms with Crippen molar-refractivity contribution in [2.45, 2.75) is 0 Å². The van der Waals surface area contributed by atoms with Crippen LogP contribution in [0.4, 0.5) is 0 Å². The van der Waals surface area contributed by atoms with E-state index in [0.29, 0.717) is 0 Å². The average Bonchev–Trinajstić information content (AvgIpc) is 1.86. The summed E-state index contributed by atoms with van der Waals surface area (Å²) in [7, 11) is 5.22.